The lowest BCUT2D eigenvalue weighted by Gasteiger charge is -2.40. The van der Waals surface area contributed by atoms with Gasteiger partial charge >= 0.3 is 28.4 Å². The zero-order valence-corrected chi connectivity index (χ0v) is 39.6. The molecule has 20 nitrogen and oxygen atoms in total. The van der Waals surface area contributed by atoms with E-state index in [9.17, 15) is 37.2 Å². The number of ketones is 1. The Labute approximate surface area is 393 Å². The van der Waals surface area contributed by atoms with E-state index in [1.165, 1.54) is 45.7 Å². The molecule has 0 radical (unpaired) electrons. The van der Waals surface area contributed by atoms with Gasteiger partial charge in [-0.3, -0.25) is 24.3 Å². The fourth-order valence-electron chi connectivity index (χ4n) is 8.27. The van der Waals surface area contributed by atoms with Gasteiger partial charge in [0.2, 0.25) is 0 Å². The summed E-state index contributed by atoms with van der Waals surface area (Å²) in [5, 5.41) is 6.16. The molecule has 3 aliphatic rings. The lowest BCUT2D eigenvalue weighted by Crippen LogP contribution is -2.55. The highest BCUT2D eigenvalue weighted by Gasteiger charge is 2.40. The molecule has 4 aromatic rings. The van der Waals surface area contributed by atoms with E-state index in [4.69, 9.17) is 21.1 Å². The topological polar surface area (TPSA) is 253 Å². The summed E-state index contributed by atoms with van der Waals surface area (Å²) in [7, 11) is -4.45. The van der Waals surface area contributed by atoms with Gasteiger partial charge in [0.15, 0.2) is 17.3 Å². The molecule has 0 saturated carbocycles. The quantitative estimate of drug-likeness (QED) is 0.150. The van der Waals surface area contributed by atoms with Gasteiger partial charge < -0.3 is 24.6 Å². The number of carbonyl (C=O) groups is 5. The average molecular weight is 1010 g/mol. The van der Waals surface area contributed by atoms with Crippen molar-refractivity contribution in [3.63, 3.8) is 0 Å². The second kappa shape index (κ2) is 20.4. The van der Waals surface area contributed by atoms with Crippen LogP contribution >= 0.6 is 27.5 Å². The summed E-state index contributed by atoms with van der Waals surface area (Å²) in [6.45, 7) is 5.24. The number of hydrogen-bond acceptors (Lipinski definition) is 13. The maximum Gasteiger partial charge on any atom is 0.422 e. The van der Waals surface area contributed by atoms with Crippen LogP contribution in [0, 0.1) is 5.92 Å². The van der Waals surface area contributed by atoms with Crippen LogP contribution in [0.2, 0.25) is 5.02 Å². The van der Waals surface area contributed by atoms with Gasteiger partial charge in [0, 0.05) is 55.5 Å². The molecule has 23 heteroatoms. The summed E-state index contributed by atoms with van der Waals surface area (Å²) in [6, 6.07) is 9.33. The second-order valence-corrected chi connectivity index (χ2v) is 20.2. The fraction of sp³-hybridized carbons (Fsp3) is 0.465. The molecule has 352 valence electrons. The maximum atomic E-state index is 13.6. The van der Waals surface area contributed by atoms with Crippen LogP contribution in [-0.2, 0) is 43.9 Å². The highest BCUT2D eigenvalue weighted by molar-refractivity contribution is 9.10. The number of fused-ring (bicyclic) bond motifs is 2. The number of carbonyl (C=O) groups excluding carboxylic acids is 5. The van der Waals surface area contributed by atoms with Gasteiger partial charge in [-0.05, 0) is 104 Å². The molecule has 2 aromatic carbocycles. The number of likely N-dealkylation sites (tertiary alicyclic amines) is 2. The van der Waals surface area contributed by atoms with Crippen molar-refractivity contribution >= 4 is 84.4 Å². The maximum absolute atomic E-state index is 13.6. The van der Waals surface area contributed by atoms with Crippen molar-refractivity contribution in [3.8, 4) is 0 Å². The van der Waals surface area contributed by atoms with Crippen LogP contribution in [0.4, 0.5) is 20.2 Å². The van der Waals surface area contributed by atoms with Crippen LogP contribution in [0.5, 0.6) is 0 Å². The Hall–Kier alpha value is -5.71. The van der Waals surface area contributed by atoms with Crippen LogP contribution in [-0.4, -0.2) is 118 Å². The van der Waals surface area contributed by atoms with Gasteiger partial charge in [-0.25, -0.2) is 34.1 Å². The molecular formula is C43H50BrClN10O10S. The zero-order chi connectivity index (χ0) is 47.3. The highest BCUT2D eigenvalue weighted by atomic mass is 79.9. The van der Waals surface area contributed by atoms with Gasteiger partial charge in [-0.2, -0.15) is 13.1 Å². The van der Waals surface area contributed by atoms with Crippen molar-refractivity contribution in [2.45, 2.75) is 96.1 Å². The molecule has 2 aromatic heterocycles. The van der Waals surface area contributed by atoms with Crippen LogP contribution in [0.15, 0.2) is 64.4 Å². The van der Waals surface area contributed by atoms with Crippen molar-refractivity contribution in [1.82, 2.24) is 44.1 Å². The SMILES string of the molecule is CC(C)(C)OC(=O)N1CCCC(OC(=O)NS(=O)(=O)NCC2CCN(C(=O)Nc3nccnc3C(=O)NC3Cc4ccccc4C3)CC2)C1CC(=O)Cn1cnc2cc(Br)c(Cl)cc2c1=O. The number of hydrogen-bond donors (Lipinski definition) is 4. The Kier molecular flexibility index (Phi) is 14.9. The molecule has 5 amide bonds. The lowest BCUT2D eigenvalue weighted by atomic mass is 9.94. The standard InChI is InChI=1S/C43H50BrClN10O10S/c1-43(2,3)65-42(61)55-14-6-9-35(34(55)19-29(56)23-54-24-48-33-21-31(44)32(45)20-30(33)39(54)58)64-41(60)52-66(62,63)49-22-25-10-15-53(16-11-25)40(59)51-37-36(46-12-13-47-37)38(57)50-28-17-26-7-4-5-8-27(26)18-28/h4-5,7-8,12-13,20-21,24-25,28,34-35,49H,6,9-11,14-19,22-23H2,1-3H3,(H,50,57)(H,52,60)(H,47,51,59). The monoisotopic (exact) mass is 1010 g/mol. The summed E-state index contributed by atoms with van der Waals surface area (Å²) in [5.74, 6) is -1.14. The molecule has 0 bridgehead atoms. The van der Waals surface area contributed by atoms with E-state index < -0.39 is 70.0 Å². The van der Waals surface area contributed by atoms with Gasteiger partial charge in [0.1, 0.15) is 11.7 Å². The van der Waals surface area contributed by atoms with Crippen LogP contribution in [0.25, 0.3) is 10.9 Å². The smallest absolute Gasteiger partial charge is 0.422 e. The molecule has 2 unspecified atom stereocenters. The molecule has 2 atom stereocenters. The number of amides is 5. The Bertz CT molecular complexity index is 2670. The number of anilines is 1. The van der Waals surface area contributed by atoms with E-state index >= 15 is 0 Å². The molecule has 2 saturated heterocycles. The van der Waals surface area contributed by atoms with Crippen molar-refractivity contribution in [2.75, 3.05) is 31.5 Å². The van der Waals surface area contributed by atoms with E-state index in [-0.39, 0.29) is 72.9 Å². The summed E-state index contributed by atoms with van der Waals surface area (Å²) in [4.78, 5) is 95.4. The molecule has 4 N–H and O–H groups in total. The number of piperidine rings is 2. The minimum Gasteiger partial charge on any atom is -0.444 e. The Balaban J connectivity index is 0.906. The number of ether oxygens (including phenoxy) is 2. The largest absolute Gasteiger partial charge is 0.444 e. The third kappa shape index (κ3) is 12.2. The van der Waals surface area contributed by atoms with Crippen molar-refractivity contribution in [2.24, 2.45) is 5.92 Å². The number of aromatic nitrogens is 4. The lowest BCUT2D eigenvalue weighted by molar-refractivity contribution is -0.122. The van der Waals surface area contributed by atoms with Crippen LogP contribution < -0.4 is 25.6 Å². The van der Waals surface area contributed by atoms with Crippen LogP contribution in [0.3, 0.4) is 0 Å². The highest BCUT2D eigenvalue weighted by Crippen LogP contribution is 2.28. The first-order valence-electron chi connectivity index (χ1n) is 21.4. The summed E-state index contributed by atoms with van der Waals surface area (Å²) in [6.07, 6.45) is 3.14. The molecule has 1 aliphatic carbocycles. The third-order valence-corrected chi connectivity index (χ3v) is 13.6. The predicted octanol–water partition coefficient (Wildman–Crippen LogP) is 4.73. The zero-order valence-electron chi connectivity index (χ0n) is 36.4. The average Bonchev–Trinajstić information content (AvgIpc) is 3.67. The van der Waals surface area contributed by atoms with Crippen LogP contribution in [0.1, 0.15) is 74.5 Å². The first-order chi connectivity index (χ1) is 31.3. The minimum absolute atomic E-state index is 0.0157. The number of halogens is 2. The van der Waals surface area contributed by atoms with E-state index in [1.54, 1.807) is 26.8 Å². The van der Waals surface area contributed by atoms with E-state index in [0.29, 0.717) is 42.1 Å². The number of Topliss-reactive ketones (excluding diaryl/α,β-unsaturated/α-hetero) is 1. The molecule has 4 heterocycles. The predicted molar refractivity (Wildman–Crippen MR) is 245 cm³/mol. The minimum atomic E-state index is -4.45. The van der Waals surface area contributed by atoms with Gasteiger partial charge in [-0.15, -0.1) is 0 Å². The van der Waals surface area contributed by atoms with Gasteiger partial charge in [0.25, 0.3) is 11.5 Å². The van der Waals surface area contributed by atoms with Gasteiger partial charge in [-0.1, -0.05) is 35.9 Å². The van der Waals surface area contributed by atoms with E-state index in [0.717, 1.165) is 4.57 Å². The first-order valence-corrected chi connectivity index (χ1v) is 24.1. The number of rotatable bonds is 12. The number of urea groups is 1. The summed E-state index contributed by atoms with van der Waals surface area (Å²) >= 11 is 9.51. The molecule has 0 spiro atoms. The summed E-state index contributed by atoms with van der Waals surface area (Å²) < 4.78 is 43.2. The van der Waals surface area contributed by atoms with Gasteiger partial charge in [0.05, 0.1) is 34.8 Å². The molecule has 7 rings (SSSR count). The number of benzene rings is 2. The third-order valence-electron chi connectivity index (χ3n) is 11.5. The molecule has 2 fully saturated rings. The Morgan fingerprint density at radius 2 is 1.65 bits per heavy atom. The Morgan fingerprint density at radius 1 is 0.955 bits per heavy atom. The number of nitrogens with one attached hydrogen (secondary N) is 4. The first kappa shape index (κ1) is 48.2. The van der Waals surface area contributed by atoms with E-state index in [1.807, 2.05) is 29.0 Å². The van der Waals surface area contributed by atoms with Crippen molar-refractivity contribution < 1.29 is 41.9 Å². The van der Waals surface area contributed by atoms with Crippen molar-refractivity contribution in [1.29, 1.82) is 0 Å². The molecule has 66 heavy (non-hydrogen) atoms. The number of nitrogens with zero attached hydrogens (tertiary/aromatic N) is 6. The normalized spacial score (nSPS) is 18.1. The van der Waals surface area contributed by atoms with Crippen molar-refractivity contribution in [3.05, 3.63) is 91.8 Å². The van der Waals surface area contributed by atoms with E-state index in [2.05, 4.69) is 46.2 Å². The molecular weight excluding hydrogens is 964 g/mol. The second-order valence-electron chi connectivity index (χ2n) is 17.4. The molecule has 2 aliphatic heterocycles. The summed E-state index contributed by atoms with van der Waals surface area (Å²) in [5.41, 5.74) is 1.27. The fourth-order valence-corrected chi connectivity index (χ4v) is 9.56. The Morgan fingerprint density at radius 3 is 2.35 bits per heavy atom.